The van der Waals surface area contributed by atoms with Gasteiger partial charge in [0.1, 0.15) is 17.0 Å². The molecule has 0 spiro atoms. The first-order valence-corrected chi connectivity index (χ1v) is 7.95. The second kappa shape index (κ2) is 7.10. The number of nitrogens with one attached hydrogen (secondary N) is 1. The minimum atomic E-state index is -2.97. The Bertz CT molecular complexity index is 874. The Morgan fingerprint density at radius 2 is 1.93 bits per heavy atom. The molecule has 0 aliphatic carbocycles. The molecule has 140 valence electrons. The number of benzene rings is 1. The van der Waals surface area contributed by atoms with Gasteiger partial charge in [-0.3, -0.25) is 19.5 Å². The van der Waals surface area contributed by atoms with Crippen LogP contribution in [0, 0.1) is 0 Å². The second-order valence-electron chi connectivity index (χ2n) is 5.99. The molecule has 1 N–H and O–H groups in total. The predicted octanol–water partition coefficient (Wildman–Crippen LogP) is 2.33. The number of aromatic nitrogens is 1. The SMILES string of the molecule is CC1(c2ccc(OC(F)F)cc2)NC(=O)N(CC(=O)c2ccccn2)C1=O. The average Bonchev–Trinajstić information content (AvgIpc) is 2.86. The summed E-state index contributed by atoms with van der Waals surface area (Å²) in [5, 5.41) is 2.54. The van der Waals surface area contributed by atoms with Gasteiger partial charge in [-0.15, -0.1) is 0 Å². The molecule has 0 saturated carbocycles. The highest BCUT2D eigenvalue weighted by Crippen LogP contribution is 2.30. The summed E-state index contributed by atoms with van der Waals surface area (Å²) in [4.78, 5) is 42.0. The lowest BCUT2D eigenvalue weighted by atomic mass is 9.92. The molecule has 1 aromatic heterocycles. The molecule has 1 unspecified atom stereocenters. The molecule has 9 heteroatoms. The molecule has 2 aromatic rings. The largest absolute Gasteiger partial charge is 0.435 e. The van der Waals surface area contributed by atoms with Crippen LogP contribution in [0.25, 0.3) is 0 Å². The van der Waals surface area contributed by atoms with Crippen molar-refractivity contribution in [1.29, 1.82) is 0 Å². The number of pyridine rings is 1. The van der Waals surface area contributed by atoms with E-state index in [1.807, 2.05) is 0 Å². The lowest BCUT2D eigenvalue weighted by Crippen LogP contribution is -2.41. The molecule has 2 heterocycles. The van der Waals surface area contributed by atoms with Gasteiger partial charge in [0.2, 0.25) is 5.78 Å². The van der Waals surface area contributed by atoms with Crippen LogP contribution in [0.1, 0.15) is 23.0 Å². The molecule has 3 amide bonds. The number of rotatable bonds is 6. The fraction of sp³-hybridized carbons (Fsp3) is 0.222. The quantitative estimate of drug-likeness (QED) is 0.618. The Kier molecular flexibility index (Phi) is 4.85. The van der Waals surface area contributed by atoms with E-state index in [1.54, 1.807) is 12.1 Å². The Hall–Kier alpha value is -3.36. The number of ether oxygens (including phenoxy) is 1. The van der Waals surface area contributed by atoms with E-state index in [0.717, 1.165) is 4.90 Å². The highest BCUT2D eigenvalue weighted by Gasteiger charge is 2.49. The lowest BCUT2D eigenvalue weighted by Gasteiger charge is -2.22. The number of carbonyl (C=O) groups is 3. The number of carbonyl (C=O) groups excluding carboxylic acids is 3. The smallest absolute Gasteiger partial charge is 0.387 e. The van der Waals surface area contributed by atoms with Crippen molar-refractivity contribution in [3.8, 4) is 5.75 Å². The van der Waals surface area contributed by atoms with E-state index in [9.17, 15) is 23.2 Å². The number of imide groups is 1. The topological polar surface area (TPSA) is 88.6 Å². The Balaban J connectivity index is 1.79. The van der Waals surface area contributed by atoms with Gasteiger partial charge in [0.25, 0.3) is 5.91 Å². The highest BCUT2D eigenvalue weighted by molar-refractivity contribution is 6.10. The fourth-order valence-electron chi connectivity index (χ4n) is 2.76. The number of alkyl halides is 2. The average molecular weight is 375 g/mol. The third-order valence-corrected chi connectivity index (χ3v) is 4.18. The third-order valence-electron chi connectivity index (χ3n) is 4.18. The minimum Gasteiger partial charge on any atom is -0.435 e. The molecule has 1 aliphatic rings. The van der Waals surface area contributed by atoms with Gasteiger partial charge in [0, 0.05) is 6.20 Å². The van der Waals surface area contributed by atoms with Gasteiger partial charge in [0.15, 0.2) is 0 Å². The molecule has 1 aliphatic heterocycles. The predicted molar refractivity (Wildman–Crippen MR) is 89.2 cm³/mol. The Morgan fingerprint density at radius 3 is 2.52 bits per heavy atom. The standard InChI is InChI=1S/C18H15F2N3O4/c1-18(11-5-7-12(8-6-11)27-16(19)20)15(25)23(17(26)22-18)10-14(24)13-4-2-3-9-21-13/h2-9,16H,10H2,1H3,(H,22,26). The van der Waals surface area contributed by atoms with E-state index >= 15 is 0 Å². The van der Waals surface area contributed by atoms with E-state index in [1.165, 1.54) is 43.5 Å². The number of hydrogen-bond acceptors (Lipinski definition) is 5. The molecule has 7 nitrogen and oxygen atoms in total. The van der Waals surface area contributed by atoms with Crippen molar-refractivity contribution in [2.45, 2.75) is 19.1 Å². The van der Waals surface area contributed by atoms with E-state index in [-0.39, 0.29) is 11.4 Å². The molecular weight excluding hydrogens is 360 g/mol. The van der Waals surface area contributed by atoms with Crippen molar-refractivity contribution in [3.05, 3.63) is 59.9 Å². The lowest BCUT2D eigenvalue weighted by molar-refractivity contribution is -0.130. The van der Waals surface area contributed by atoms with E-state index in [4.69, 9.17) is 0 Å². The molecule has 0 bridgehead atoms. The zero-order valence-corrected chi connectivity index (χ0v) is 14.2. The van der Waals surface area contributed by atoms with Crippen molar-refractivity contribution >= 4 is 17.7 Å². The van der Waals surface area contributed by atoms with E-state index in [0.29, 0.717) is 5.56 Å². The van der Waals surface area contributed by atoms with Crippen molar-refractivity contribution in [3.63, 3.8) is 0 Å². The van der Waals surface area contributed by atoms with Gasteiger partial charge in [-0.25, -0.2) is 4.79 Å². The minimum absolute atomic E-state index is 0.0729. The molecule has 1 saturated heterocycles. The summed E-state index contributed by atoms with van der Waals surface area (Å²) in [7, 11) is 0. The Labute approximate surface area is 152 Å². The number of Topliss-reactive ketones (excluding diaryl/α,β-unsaturated/α-hetero) is 1. The number of halogens is 2. The summed E-state index contributed by atoms with van der Waals surface area (Å²) in [6, 6.07) is 9.38. The van der Waals surface area contributed by atoms with Gasteiger partial charge in [0.05, 0.1) is 6.54 Å². The molecule has 1 fully saturated rings. The molecule has 1 atom stereocenters. The number of hydrogen-bond donors (Lipinski definition) is 1. The van der Waals surface area contributed by atoms with Crippen LogP contribution in [0.15, 0.2) is 48.7 Å². The normalized spacial score (nSPS) is 19.3. The van der Waals surface area contributed by atoms with Crippen LogP contribution in [0.3, 0.4) is 0 Å². The van der Waals surface area contributed by atoms with Crippen LogP contribution < -0.4 is 10.1 Å². The number of ketones is 1. The first kappa shape index (κ1) is 18.4. The molecule has 3 rings (SSSR count). The second-order valence-corrected chi connectivity index (χ2v) is 5.99. The maximum atomic E-state index is 12.8. The summed E-state index contributed by atoms with van der Waals surface area (Å²) < 4.78 is 28.8. The molecule has 1 aromatic carbocycles. The van der Waals surface area contributed by atoms with Gasteiger partial charge in [-0.1, -0.05) is 18.2 Å². The number of nitrogens with zero attached hydrogens (tertiary/aromatic N) is 2. The zero-order valence-electron chi connectivity index (χ0n) is 14.2. The Morgan fingerprint density at radius 1 is 1.22 bits per heavy atom. The first-order valence-electron chi connectivity index (χ1n) is 7.95. The van der Waals surface area contributed by atoms with Crippen LogP contribution in [0.2, 0.25) is 0 Å². The molecular formula is C18H15F2N3O4. The maximum Gasteiger partial charge on any atom is 0.387 e. The van der Waals surface area contributed by atoms with Gasteiger partial charge in [-0.2, -0.15) is 8.78 Å². The van der Waals surface area contributed by atoms with Crippen LogP contribution in [0.4, 0.5) is 13.6 Å². The van der Waals surface area contributed by atoms with Crippen LogP contribution >= 0.6 is 0 Å². The van der Waals surface area contributed by atoms with Crippen LogP contribution in [-0.2, 0) is 10.3 Å². The number of amides is 3. The van der Waals surface area contributed by atoms with Gasteiger partial charge in [-0.05, 0) is 36.8 Å². The first-order chi connectivity index (χ1) is 12.8. The zero-order chi connectivity index (χ0) is 19.6. The molecule has 0 radical (unpaired) electrons. The van der Waals surface area contributed by atoms with Crippen molar-refractivity contribution < 1.29 is 27.9 Å². The van der Waals surface area contributed by atoms with Gasteiger partial charge >= 0.3 is 12.6 Å². The summed E-state index contributed by atoms with van der Waals surface area (Å²) in [5.74, 6) is -1.18. The summed E-state index contributed by atoms with van der Waals surface area (Å²) in [5.41, 5.74) is -0.916. The number of urea groups is 1. The van der Waals surface area contributed by atoms with Crippen molar-refractivity contribution in [2.75, 3.05) is 6.54 Å². The summed E-state index contributed by atoms with van der Waals surface area (Å²) >= 11 is 0. The van der Waals surface area contributed by atoms with Crippen molar-refractivity contribution in [1.82, 2.24) is 15.2 Å². The van der Waals surface area contributed by atoms with E-state index in [2.05, 4.69) is 15.0 Å². The van der Waals surface area contributed by atoms with Crippen molar-refractivity contribution in [2.24, 2.45) is 0 Å². The summed E-state index contributed by atoms with van der Waals surface area (Å²) in [6.07, 6.45) is 1.44. The van der Waals surface area contributed by atoms with Gasteiger partial charge < -0.3 is 10.1 Å². The molecule has 27 heavy (non-hydrogen) atoms. The van der Waals surface area contributed by atoms with Crippen LogP contribution in [-0.4, -0.2) is 40.8 Å². The monoisotopic (exact) mass is 375 g/mol. The maximum absolute atomic E-state index is 12.8. The van der Waals surface area contributed by atoms with E-state index < -0.39 is 36.4 Å². The fourth-order valence-corrected chi connectivity index (χ4v) is 2.76. The highest BCUT2D eigenvalue weighted by atomic mass is 19.3. The summed E-state index contributed by atoms with van der Waals surface area (Å²) in [6.45, 7) is -1.95. The third kappa shape index (κ3) is 3.62. The van der Waals surface area contributed by atoms with Crippen LogP contribution in [0.5, 0.6) is 5.75 Å².